The van der Waals surface area contributed by atoms with E-state index in [4.69, 9.17) is 4.74 Å². The zero-order valence-electron chi connectivity index (χ0n) is 12.4. The zero-order valence-corrected chi connectivity index (χ0v) is 13.2. The molecule has 1 N–H and O–H groups in total. The van der Waals surface area contributed by atoms with Gasteiger partial charge in [0.1, 0.15) is 0 Å². The Labute approximate surface area is 124 Å². The second-order valence-electron chi connectivity index (χ2n) is 5.40. The molecule has 2 rings (SSSR count). The molecule has 2 heterocycles. The number of carbonyl (C=O) groups excluding carboxylic acids is 1. The Hall–Kier alpha value is -1.14. The van der Waals surface area contributed by atoms with Crippen molar-refractivity contribution in [2.24, 2.45) is 5.92 Å². The molecule has 1 saturated heterocycles. The van der Waals surface area contributed by atoms with Gasteiger partial charge in [0.15, 0.2) is 5.13 Å². The van der Waals surface area contributed by atoms with Crippen LogP contribution in [0.5, 0.6) is 0 Å². The van der Waals surface area contributed by atoms with E-state index in [0.717, 1.165) is 30.3 Å². The molecule has 6 heteroatoms. The van der Waals surface area contributed by atoms with Crippen LogP contribution in [0.3, 0.4) is 0 Å². The summed E-state index contributed by atoms with van der Waals surface area (Å²) in [5.74, 6) is 0.392. The minimum absolute atomic E-state index is 0.211. The van der Waals surface area contributed by atoms with Crippen molar-refractivity contribution in [1.82, 2.24) is 9.88 Å². The van der Waals surface area contributed by atoms with Crippen molar-refractivity contribution in [2.45, 2.75) is 32.7 Å². The lowest BCUT2D eigenvalue weighted by atomic mass is 9.94. The fourth-order valence-electron chi connectivity index (χ4n) is 2.54. The minimum Gasteiger partial charge on any atom is -0.466 e. The first-order valence-corrected chi connectivity index (χ1v) is 8.01. The summed E-state index contributed by atoms with van der Waals surface area (Å²) >= 11 is 1.56. The number of likely N-dealkylation sites (tertiary alicyclic amines) is 1. The number of piperidine rings is 1. The Morgan fingerprint density at radius 2 is 2.45 bits per heavy atom. The molecule has 0 amide bonds. The molecule has 1 aromatic heterocycles. The van der Waals surface area contributed by atoms with Gasteiger partial charge in [-0.2, -0.15) is 0 Å². The molecule has 0 bridgehead atoms. The quantitative estimate of drug-likeness (QED) is 0.843. The Kier molecular flexibility index (Phi) is 5.37. The fourth-order valence-corrected chi connectivity index (χ4v) is 3.31. The van der Waals surface area contributed by atoms with Crippen molar-refractivity contribution < 1.29 is 9.53 Å². The number of thiazole rings is 1. The highest BCUT2D eigenvalue weighted by Crippen LogP contribution is 2.23. The van der Waals surface area contributed by atoms with Gasteiger partial charge in [-0.25, -0.2) is 4.98 Å². The van der Waals surface area contributed by atoms with E-state index in [-0.39, 0.29) is 12.4 Å². The van der Waals surface area contributed by atoms with E-state index in [0.29, 0.717) is 18.6 Å². The molecule has 1 aromatic rings. The van der Waals surface area contributed by atoms with Crippen molar-refractivity contribution in [3.8, 4) is 0 Å². The van der Waals surface area contributed by atoms with Crippen molar-refractivity contribution in [1.29, 1.82) is 0 Å². The summed E-state index contributed by atoms with van der Waals surface area (Å²) in [5, 5.41) is 6.34. The lowest BCUT2D eigenvalue weighted by Gasteiger charge is -2.35. The van der Waals surface area contributed by atoms with Crippen LogP contribution in [-0.4, -0.2) is 48.6 Å². The normalized spacial score (nSPS) is 23.6. The Bertz CT molecular complexity index is 449. The highest BCUT2D eigenvalue weighted by molar-refractivity contribution is 7.13. The van der Waals surface area contributed by atoms with Crippen LogP contribution < -0.4 is 5.32 Å². The Morgan fingerprint density at radius 1 is 1.65 bits per heavy atom. The molecule has 0 aromatic carbocycles. The first kappa shape index (κ1) is 15.3. The number of hydrogen-bond donors (Lipinski definition) is 1. The zero-order chi connectivity index (χ0) is 14.5. The summed E-state index contributed by atoms with van der Waals surface area (Å²) in [5.41, 5.74) is 0.788. The molecule has 0 aliphatic carbocycles. The minimum atomic E-state index is -0.211. The smallest absolute Gasteiger partial charge is 0.311 e. The average Bonchev–Trinajstić information content (AvgIpc) is 2.80. The van der Waals surface area contributed by atoms with E-state index in [1.807, 2.05) is 12.3 Å². The molecule has 2 unspecified atom stereocenters. The molecule has 0 saturated carbocycles. The summed E-state index contributed by atoms with van der Waals surface area (Å²) in [6.45, 7) is 6.72. The standard InChI is InChI=1S/C14H23N3O2S/c1-4-19-13(18)7-11-9-20-14(15-11)16-12-5-6-17(3)8-10(12)2/h9-10,12H,4-8H2,1-3H3,(H,15,16). The first-order chi connectivity index (χ1) is 9.58. The van der Waals surface area contributed by atoms with Crippen LogP contribution in [0.15, 0.2) is 5.38 Å². The van der Waals surface area contributed by atoms with E-state index in [1.165, 1.54) is 0 Å². The van der Waals surface area contributed by atoms with Gasteiger partial charge < -0.3 is 15.0 Å². The summed E-state index contributed by atoms with van der Waals surface area (Å²) in [4.78, 5) is 18.2. The lowest BCUT2D eigenvalue weighted by molar-refractivity contribution is -0.142. The molecule has 5 nitrogen and oxygen atoms in total. The predicted molar refractivity (Wildman–Crippen MR) is 81.1 cm³/mol. The van der Waals surface area contributed by atoms with E-state index in [2.05, 4.69) is 29.2 Å². The monoisotopic (exact) mass is 297 g/mol. The van der Waals surface area contributed by atoms with Crippen LogP contribution in [0.1, 0.15) is 26.0 Å². The van der Waals surface area contributed by atoms with Crippen LogP contribution >= 0.6 is 11.3 Å². The van der Waals surface area contributed by atoms with E-state index < -0.39 is 0 Å². The third kappa shape index (κ3) is 4.18. The van der Waals surface area contributed by atoms with Crippen molar-refractivity contribution >= 4 is 22.4 Å². The number of hydrogen-bond acceptors (Lipinski definition) is 6. The maximum Gasteiger partial charge on any atom is 0.311 e. The van der Waals surface area contributed by atoms with Gasteiger partial charge >= 0.3 is 5.97 Å². The maximum atomic E-state index is 11.4. The van der Waals surface area contributed by atoms with E-state index in [9.17, 15) is 4.79 Å². The Morgan fingerprint density at radius 3 is 3.15 bits per heavy atom. The van der Waals surface area contributed by atoms with Gasteiger partial charge in [-0.1, -0.05) is 6.92 Å². The van der Waals surface area contributed by atoms with Gasteiger partial charge in [0, 0.05) is 18.0 Å². The number of aromatic nitrogens is 1. The van der Waals surface area contributed by atoms with Crippen molar-refractivity contribution in [3.63, 3.8) is 0 Å². The molecule has 1 fully saturated rings. The molecule has 1 aliphatic heterocycles. The topological polar surface area (TPSA) is 54.5 Å². The summed E-state index contributed by atoms with van der Waals surface area (Å²) in [6, 6.07) is 0.466. The van der Waals surface area contributed by atoms with Crippen LogP contribution in [0.2, 0.25) is 0 Å². The average molecular weight is 297 g/mol. The van der Waals surface area contributed by atoms with E-state index >= 15 is 0 Å². The number of esters is 1. The van der Waals surface area contributed by atoms with Crippen molar-refractivity contribution in [3.05, 3.63) is 11.1 Å². The second-order valence-corrected chi connectivity index (χ2v) is 6.26. The summed E-state index contributed by atoms with van der Waals surface area (Å²) in [6.07, 6.45) is 1.39. The number of nitrogens with zero attached hydrogens (tertiary/aromatic N) is 2. The van der Waals surface area contributed by atoms with Gasteiger partial charge in [-0.3, -0.25) is 4.79 Å². The second kappa shape index (κ2) is 7.04. The van der Waals surface area contributed by atoms with Crippen LogP contribution in [0.25, 0.3) is 0 Å². The molecule has 0 spiro atoms. The van der Waals surface area contributed by atoms with Crippen LogP contribution in [0, 0.1) is 5.92 Å². The number of nitrogens with one attached hydrogen (secondary N) is 1. The fraction of sp³-hybridized carbons (Fsp3) is 0.714. The number of carbonyl (C=O) groups is 1. The molecule has 20 heavy (non-hydrogen) atoms. The molecule has 1 aliphatic rings. The van der Waals surface area contributed by atoms with E-state index in [1.54, 1.807) is 11.3 Å². The molecular weight excluding hydrogens is 274 g/mol. The highest BCUT2D eigenvalue weighted by atomic mass is 32.1. The third-order valence-electron chi connectivity index (χ3n) is 3.60. The number of anilines is 1. The van der Waals surface area contributed by atoms with Gasteiger partial charge in [-0.15, -0.1) is 11.3 Å². The molecule has 112 valence electrons. The first-order valence-electron chi connectivity index (χ1n) is 7.13. The van der Waals surface area contributed by atoms with Gasteiger partial charge in [-0.05, 0) is 32.9 Å². The highest BCUT2D eigenvalue weighted by Gasteiger charge is 2.24. The molecular formula is C14H23N3O2S. The summed E-state index contributed by atoms with van der Waals surface area (Å²) in [7, 11) is 2.16. The SMILES string of the molecule is CCOC(=O)Cc1csc(NC2CCN(C)CC2C)n1. The predicted octanol–water partition coefficient (Wildman–Crippen LogP) is 2.00. The largest absolute Gasteiger partial charge is 0.466 e. The van der Waals surface area contributed by atoms with Gasteiger partial charge in [0.25, 0.3) is 0 Å². The summed E-state index contributed by atoms with van der Waals surface area (Å²) < 4.78 is 4.93. The molecule has 2 atom stereocenters. The Balaban J connectivity index is 1.87. The lowest BCUT2D eigenvalue weighted by Crippen LogP contribution is -2.43. The third-order valence-corrected chi connectivity index (χ3v) is 4.42. The number of rotatable bonds is 5. The van der Waals surface area contributed by atoms with Crippen LogP contribution in [-0.2, 0) is 16.0 Å². The van der Waals surface area contributed by atoms with Crippen LogP contribution in [0.4, 0.5) is 5.13 Å². The molecule has 0 radical (unpaired) electrons. The maximum absolute atomic E-state index is 11.4. The van der Waals surface area contributed by atoms with Gasteiger partial charge in [0.05, 0.1) is 18.7 Å². The van der Waals surface area contributed by atoms with Crippen molar-refractivity contribution in [2.75, 3.05) is 32.1 Å². The van der Waals surface area contributed by atoms with Gasteiger partial charge in [0.2, 0.25) is 0 Å². The number of ether oxygens (including phenoxy) is 1.